The van der Waals surface area contributed by atoms with Gasteiger partial charge in [-0.1, -0.05) is 12.1 Å². The number of anilines is 1. The van der Waals surface area contributed by atoms with Gasteiger partial charge in [0.25, 0.3) is 0 Å². The van der Waals surface area contributed by atoms with Crippen molar-refractivity contribution >= 4 is 15.7 Å². The first-order valence-corrected chi connectivity index (χ1v) is 5.61. The zero-order valence-electron chi connectivity index (χ0n) is 7.95. The lowest BCUT2D eigenvalue weighted by atomic mass is 10.3. The first-order valence-electron chi connectivity index (χ1n) is 4.13. The average molecular weight is 254 g/mol. The van der Waals surface area contributed by atoms with Crippen molar-refractivity contribution < 1.29 is 21.6 Å². The Kier molecular flexibility index (Phi) is 3.44. The lowest BCUT2D eigenvalue weighted by Crippen LogP contribution is -2.34. The number of rotatable bonds is 3. The van der Waals surface area contributed by atoms with E-state index in [-0.39, 0.29) is 10.6 Å². The van der Waals surface area contributed by atoms with Crippen LogP contribution >= 0.6 is 0 Å². The largest absolute Gasteiger partial charge is 0.402 e. The maximum Gasteiger partial charge on any atom is 0.402 e. The van der Waals surface area contributed by atoms with Crippen molar-refractivity contribution in [2.24, 2.45) is 0 Å². The number of benzene rings is 1. The zero-order valence-corrected chi connectivity index (χ0v) is 8.77. The van der Waals surface area contributed by atoms with Crippen LogP contribution in [0.1, 0.15) is 0 Å². The van der Waals surface area contributed by atoms with Gasteiger partial charge in [0.2, 0.25) is 10.0 Å². The Hall–Kier alpha value is -1.28. The minimum absolute atomic E-state index is 0.0998. The summed E-state index contributed by atoms with van der Waals surface area (Å²) in [4.78, 5) is -0.362. The Bertz CT molecular complexity index is 470. The molecule has 3 N–H and O–H groups in total. The maximum absolute atomic E-state index is 11.8. The maximum atomic E-state index is 11.8. The molecule has 0 heterocycles. The normalized spacial score (nSPS) is 12.7. The molecule has 0 saturated heterocycles. The average Bonchev–Trinajstić information content (AvgIpc) is 2.14. The number of nitrogen functional groups attached to an aromatic ring is 1. The van der Waals surface area contributed by atoms with Crippen molar-refractivity contribution in [3.63, 3.8) is 0 Å². The summed E-state index contributed by atoms with van der Waals surface area (Å²) < 4.78 is 59.8. The number of nitrogens with one attached hydrogen (secondary N) is 1. The van der Waals surface area contributed by atoms with Crippen LogP contribution in [0.5, 0.6) is 0 Å². The summed E-state index contributed by atoms with van der Waals surface area (Å²) in [6.07, 6.45) is -4.60. The van der Waals surface area contributed by atoms with Gasteiger partial charge in [0, 0.05) is 0 Å². The third-order valence-corrected chi connectivity index (χ3v) is 3.15. The van der Waals surface area contributed by atoms with Gasteiger partial charge in [-0.2, -0.15) is 13.2 Å². The number of sulfonamides is 1. The molecule has 0 aliphatic rings. The molecule has 90 valence electrons. The fourth-order valence-corrected chi connectivity index (χ4v) is 2.13. The molecule has 0 bridgehead atoms. The molecule has 1 aromatic rings. The molecule has 0 radical (unpaired) electrons. The van der Waals surface area contributed by atoms with E-state index in [9.17, 15) is 21.6 Å². The molecule has 1 aromatic carbocycles. The third-order valence-electron chi connectivity index (χ3n) is 1.67. The summed E-state index contributed by atoms with van der Waals surface area (Å²) in [5, 5.41) is 0. The minimum Gasteiger partial charge on any atom is -0.398 e. The van der Waals surface area contributed by atoms with E-state index >= 15 is 0 Å². The van der Waals surface area contributed by atoms with Gasteiger partial charge in [0.05, 0.1) is 5.69 Å². The summed E-state index contributed by atoms with van der Waals surface area (Å²) in [6.45, 7) is -1.62. The molecular formula is C8H9F3N2O2S. The molecule has 16 heavy (non-hydrogen) atoms. The van der Waals surface area contributed by atoms with E-state index in [0.29, 0.717) is 0 Å². The summed E-state index contributed by atoms with van der Waals surface area (Å²) in [6, 6.07) is 5.28. The molecule has 0 fully saturated rings. The minimum atomic E-state index is -4.60. The van der Waals surface area contributed by atoms with Gasteiger partial charge < -0.3 is 5.73 Å². The molecule has 0 aliphatic carbocycles. The fourth-order valence-electron chi connectivity index (χ4n) is 0.980. The van der Waals surface area contributed by atoms with Gasteiger partial charge in [-0.15, -0.1) is 0 Å². The smallest absolute Gasteiger partial charge is 0.398 e. The van der Waals surface area contributed by atoms with E-state index in [1.807, 2.05) is 0 Å². The Labute approximate surface area is 90.3 Å². The highest BCUT2D eigenvalue weighted by Gasteiger charge is 2.30. The van der Waals surface area contributed by atoms with Crippen LogP contribution in [-0.4, -0.2) is 21.1 Å². The quantitative estimate of drug-likeness (QED) is 0.794. The van der Waals surface area contributed by atoms with Gasteiger partial charge in [-0.3, -0.25) is 0 Å². The van der Waals surface area contributed by atoms with Crippen LogP contribution < -0.4 is 10.5 Å². The Morgan fingerprint density at radius 2 is 1.81 bits per heavy atom. The molecule has 0 atom stereocenters. The van der Waals surface area contributed by atoms with Crippen molar-refractivity contribution in [3.05, 3.63) is 24.3 Å². The van der Waals surface area contributed by atoms with Crippen LogP contribution in [0.3, 0.4) is 0 Å². The highest BCUT2D eigenvalue weighted by atomic mass is 32.2. The predicted molar refractivity (Wildman–Crippen MR) is 52.1 cm³/mol. The first-order chi connectivity index (χ1) is 7.22. The van der Waals surface area contributed by atoms with E-state index < -0.39 is 22.7 Å². The van der Waals surface area contributed by atoms with Gasteiger partial charge in [-0.05, 0) is 12.1 Å². The molecule has 0 unspecified atom stereocenters. The van der Waals surface area contributed by atoms with Gasteiger partial charge in [-0.25, -0.2) is 13.1 Å². The number of para-hydroxylation sites is 1. The highest BCUT2D eigenvalue weighted by molar-refractivity contribution is 7.89. The van der Waals surface area contributed by atoms with Crippen LogP contribution in [0, 0.1) is 0 Å². The van der Waals surface area contributed by atoms with Gasteiger partial charge >= 0.3 is 6.18 Å². The Morgan fingerprint density at radius 3 is 2.31 bits per heavy atom. The van der Waals surface area contributed by atoms with Crippen LogP contribution in [0.15, 0.2) is 29.2 Å². The predicted octanol–water partition coefficient (Wildman–Crippen LogP) is 1.11. The van der Waals surface area contributed by atoms with Crippen LogP contribution in [0.25, 0.3) is 0 Å². The van der Waals surface area contributed by atoms with Crippen LogP contribution in [0.4, 0.5) is 18.9 Å². The standard InChI is InChI=1S/C8H9F3N2O2S/c9-8(10,11)5-13-16(14,15)7-4-2-1-3-6(7)12/h1-4,13H,5,12H2. The fraction of sp³-hybridized carbons (Fsp3) is 0.250. The lowest BCUT2D eigenvalue weighted by molar-refractivity contribution is -0.121. The molecule has 0 saturated carbocycles. The zero-order chi connectivity index (χ0) is 12.4. The third kappa shape index (κ3) is 3.38. The molecule has 4 nitrogen and oxygen atoms in total. The molecule has 0 aliphatic heterocycles. The van der Waals surface area contributed by atoms with E-state index in [2.05, 4.69) is 0 Å². The molecule has 0 spiro atoms. The summed E-state index contributed by atoms with van der Waals surface area (Å²) in [5.74, 6) is 0. The van der Waals surface area contributed by atoms with Crippen molar-refractivity contribution in [3.8, 4) is 0 Å². The Balaban J connectivity index is 2.92. The van der Waals surface area contributed by atoms with Crippen LogP contribution in [-0.2, 0) is 10.0 Å². The SMILES string of the molecule is Nc1ccccc1S(=O)(=O)NCC(F)(F)F. The molecule has 0 aromatic heterocycles. The first kappa shape index (κ1) is 12.8. The van der Waals surface area contributed by atoms with Crippen molar-refractivity contribution in [1.29, 1.82) is 0 Å². The highest BCUT2D eigenvalue weighted by Crippen LogP contribution is 2.19. The topological polar surface area (TPSA) is 72.2 Å². The number of hydrogen-bond acceptors (Lipinski definition) is 3. The molecule has 1 rings (SSSR count). The van der Waals surface area contributed by atoms with Crippen LogP contribution in [0.2, 0.25) is 0 Å². The second-order valence-corrected chi connectivity index (χ2v) is 4.71. The van der Waals surface area contributed by atoms with E-state index in [1.54, 1.807) is 0 Å². The number of halogens is 3. The van der Waals surface area contributed by atoms with Gasteiger partial charge in [0.1, 0.15) is 11.4 Å². The second kappa shape index (κ2) is 4.30. The van der Waals surface area contributed by atoms with E-state index in [4.69, 9.17) is 5.73 Å². The van der Waals surface area contributed by atoms with E-state index in [1.165, 1.54) is 22.9 Å². The van der Waals surface area contributed by atoms with Gasteiger partial charge in [0.15, 0.2) is 0 Å². The molecule has 0 amide bonds. The number of nitrogens with two attached hydrogens (primary N) is 1. The number of hydrogen-bond donors (Lipinski definition) is 2. The Morgan fingerprint density at radius 1 is 1.25 bits per heavy atom. The van der Waals surface area contributed by atoms with Crippen molar-refractivity contribution in [1.82, 2.24) is 4.72 Å². The monoisotopic (exact) mass is 254 g/mol. The molecular weight excluding hydrogens is 245 g/mol. The second-order valence-electron chi connectivity index (χ2n) is 2.98. The van der Waals surface area contributed by atoms with Crippen molar-refractivity contribution in [2.75, 3.05) is 12.3 Å². The van der Waals surface area contributed by atoms with E-state index in [0.717, 1.165) is 6.07 Å². The summed E-state index contributed by atoms with van der Waals surface area (Å²) >= 11 is 0. The van der Waals surface area contributed by atoms with Crippen molar-refractivity contribution in [2.45, 2.75) is 11.1 Å². The molecule has 8 heteroatoms. The lowest BCUT2D eigenvalue weighted by Gasteiger charge is -2.10. The summed E-state index contributed by atoms with van der Waals surface area (Å²) in [7, 11) is -4.22. The number of alkyl halides is 3. The summed E-state index contributed by atoms with van der Waals surface area (Å²) in [5.41, 5.74) is 5.25.